The molecule has 3 rings (SSSR count). The van der Waals surface area contributed by atoms with E-state index < -0.39 is 0 Å². The molecule has 2 aromatic rings. The van der Waals surface area contributed by atoms with Crippen molar-refractivity contribution in [1.82, 2.24) is 9.80 Å². The van der Waals surface area contributed by atoms with Gasteiger partial charge in [-0.15, -0.1) is 24.8 Å². The molecule has 2 aromatic carbocycles. The van der Waals surface area contributed by atoms with Crippen LogP contribution in [-0.2, 0) is 0 Å². The summed E-state index contributed by atoms with van der Waals surface area (Å²) in [6.07, 6.45) is 0. The van der Waals surface area contributed by atoms with Gasteiger partial charge < -0.3 is 9.64 Å². The zero-order valence-corrected chi connectivity index (χ0v) is 19.6. The highest BCUT2D eigenvalue weighted by Crippen LogP contribution is 2.23. The lowest BCUT2D eigenvalue weighted by Crippen LogP contribution is -2.49. The van der Waals surface area contributed by atoms with Crippen molar-refractivity contribution in [3.63, 3.8) is 0 Å². The zero-order valence-electron chi connectivity index (χ0n) is 17.2. The van der Waals surface area contributed by atoms with Crippen molar-refractivity contribution in [3.05, 3.63) is 63.7 Å². The predicted octanol–water partition coefficient (Wildman–Crippen LogP) is 5.13. The molecule has 0 aromatic heterocycles. The molecular formula is C22H30Cl3N3O. The molecule has 1 fully saturated rings. The zero-order chi connectivity index (χ0) is 19.4. The Labute approximate surface area is 191 Å². The second-order valence-corrected chi connectivity index (χ2v) is 7.59. The van der Waals surface area contributed by atoms with Gasteiger partial charge in [-0.05, 0) is 43.5 Å². The maximum Gasteiger partial charge on any atom is 0.129 e. The molecule has 4 nitrogen and oxygen atoms in total. The summed E-state index contributed by atoms with van der Waals surface area (Å²) < 4.78 is 6.03. The van der Waals surface area contributed by atoms with Crippen LogP contribution in [0.2, 0.25) is 5.02 Å². The Balaban J connectivity index is 0.00000210. The first-order chi connectivity index (χ1) is 13.0. The van der Waals surface area contributed by atoms with Gasteiger partial charge in [-0.1, -0.05) is 41.9 Å². The SMILES string of the molecule is Cc1cccc(C)c1OCCN1CCN(C(=N)c2c(C)cccc2Cl)CC1.Cl.Cl. The van der Waals surface area contributed by atoms with Gasteiger partial charge in [-0.25, -0.2) is 0 Å². The van der Waals surface area contributed by atoms with Crippen LogP contribution in [0.1, 0.15) is 22.3 Å². The summed E-state index contributed by atoms with van der Waals surface area (Å²) in [5, 5.41) is 9.22. The molecule has 1 heterocycles. The molecule has 0 radical (unpaired) electrons. The standard InChI is InChI=1S/C22H28ClN3O.2ClH/c1-16-6-5-9-19(23)20(16)22(24)26-12-10-25(11-13-26)14-15-27-21-17(2)7-4-8-18(21)3;;/h4-9,24H,10-15H2,1-3H3;2*1H. The number of amidine groups is 1. The van der Waals surface area contributed by atoms with Gasteiger partial charge in [0.25, 0.3) is 0 Å². The highest BCUT2D eigenvalue weighted by atomic mass is 35.5. The molecule has 0 spiro atoms. The first kappa shape index (κ1) is 25.6. The van der Waals surface area contributed by atoms with Crippen LogP contribution in [0.4, 0.5) is 0 Å². The molecule has 0 bridgehead atoms. The summed E-state index contributed by atoms with van der Waals surface area (Å²) in [4.78, 5) is 4.52. The van der Waals surface area contributed by atoms with E-state index in [0.29, 0.717) is 17.5 Å². The molecule has 0 unspecified atom stereocenters. The Kier molecular flexibility index (Phi) is 10.3. The Bertz CT molecular complexity index is 780. The van der Waals surface area contributed by atoms with Crippen molar-refractivity contribution in [2.75, 3.05) is 39.3 Å². The predicted molar refractivity (Wildman–Crippen MR) is 127 cm³/mol. The van der Waals surface area contributed by atoms with E-state index in [1.807, 2.05) is 25.1 Å². The molecule has 1 N–H and O–H groups in total. The van der Waals surface area contributed by atoms with E-state index in [2.05, 4.69) is 41.8 Å². The quantitative estimate of drug-likeness (QED) is 0.498. The smallest absolute Gasteiger partial charge is 0.129 e. The summed E-state index contributed by atoms with van der Waals surface area (Å²) in [5.74, 6) is 1.54. The number of ether oxygens (including phenoxy) is 1. The third kappa shape index (κ3) is 6.26. The van der Waals surface area contributed by atoms with Gasteiger partial charge in [0.1, 0.15) is 18.2 Å². The molecule has 0 aliphatic carbocycles. The molecule has 0 atom stereocenters. The highest BCUT2D eigenvalue weighted by Gasteiger charge is 2.22. The largest absolute Gasteiger partial charge is 0.492 e. The molecule has 0 saturated carbocycles. The van der Waals surface area contributed by atoms with Crippen LogP contribution < -0.4 is 4.74 Å². The molecule has 160 valence electrons. The first-order valence-corrected chi connectivity index (χ1v) is 9.85. The van der Waals surface area contributed by atoms with Crippen LogP contribution in [0.5, 0.6) is 5.75 Å². The van der Waals surface area contributed by atoms with Gasteiger partial charge in [0, 0.05) is 38.3 Å². The van der Waals surface area contributed by atoms with E-state index >= 15 is 0 Å². The molecule has 0 amide bonds. The Morgan fingerprint density at radius 1 is 0.931 bits per heavy atom. The maximum atomic E-state index is 8.57. The van der Waals surface area contributed by atoms with Gasteiger partial charge in [-0.3, -0.25) is 10.3 Å². The van der Waals surface area contributed by atoms with Crippen LogP contribution in [0.25, 0.3) is 0 Å². The average molecular weight is 459 g/mol. The first-order valence-electron chi connectivity index (χ1n) is 9.47. The minimum Gasteiger partial charge on any atom is -0.492 e. The molecule has 1 aliphatic heterocycles. The summed E-state index contributed by atoms with van der Waals surface area (Å²) >= 11 is 6.33. The van der Waals surface area contributed by atoms with Crippen LogP contribution in [0.15, 0.2) is 36.4 Å². The van der Waals surface area contributed by atoms with E-state index in [0.717, 1.165) is 49.6 Å². The Hall–Kier alpha value is -1.46. The minimum absolute atomic E-state index is 0. The van der Waals surface area contributed by atoms with E-state index in [1.165, 1.54) is 11.1 Å². The monoisotopic (exact) mass is 457 g/mol. The highest BCUT2D eigenvalue weighted by molar-refractivity contribution is 6.34. The number of rotatable bonds is 5. The van der Waals surface area contributed by atoms with Gasteiger partial charge in [0.2, 0.25) is 0 Å². The van der Waals surface area contributed by atoms with Crippen molar-refractivity contribution in [2.24, 2.45) is 0 Å². The van der Waals surface area contributed by atoms with Crippen molar-refractivity contribution in [3.8, 4) is 5.75 Å². The van der Waals surface area contributed by atoms with E-state index in [-0.39, 0.29) is 24.8 Å². The number of hydrogen-bond donors (Lipinski definition) is 1. The second-order valence-electron chi connectivity index (χ2n) is 7.18. The van der Waals surface area contributed by atoms with Gasteiger partial charge in [0.15, 0.2) is 0 Å². The fourth-order valence-corrected chi connectivity index (χ4v) is 3.90. The number of hydrogen-bond acceptors (Lipinski definition) is 3. The van der Waals surface area contributed by atoms with Gasteiger partial charge in [-0.2, -0.15) is 0 Å². The molecule has 1 saturated heterocycles. The van der Waals surface area contributed by atoms with E-state index in [9.17, 15) is 0 Å². The fraction of sp³-hybridized carbons (Fsp3) is 0.409. The molecule has 7 heteroatoms. The van der Waals surface area contributed by atoms with E-state index in [4.69, 9.17) is 21.7 Å². The second kappa shape index (κ2) is 11.7. The van der Waals surface area contributed by atoms with Crippen molar-refractivity contribution < 1.29 is 4.74 Å². The van der Waals surface area contributed by atoms with Crippen LogP contribution >= 0.6 is 36.4 Å². The third-order valence-electron chi connectivity index (χ3n) is 5.21. The summed E-state index contributed by atoms with van der Waals surface area (Å²) in [7, 11) is 0. The topological polar surface area (TPSA) is 39.6 Å². The number of halogens is 3. The van der Waals surface area contributed by atoms with Crippen LogP contribution in [0, 0.1) is 26.2 Å². The maximum absolute atomic E-state index is 8.57. The van der Waals surface area contributed by atoms with E-state index in [1.54, 1.807) is 0 Å². The fourth-order valence-electron chi connectivity index (χ4n) is 3.59. The lowest BCUT2D eigenvalue weighted by Gasteiger charge is -2.36. The van der Waals surface area contributed by atoms with Gasteiger partial charge >= 0.3 is 0 Å². The number of nitrogens with zero attached hydrogens (tertiary/aromatic N) is 2. The minimum atomic E-state index is 0. The lowest BCUT2D eigenvalue weighted by atomic mass is 10.1. The van der Waals surface area contributed by atoms with Crippen molar-refractivity contribution in [2.45, 2.75) is 20.8 Å². The molecule has 29 heavy (non-hydrogen) atoms. The number of piperazine rings is 1. The Morgan fingerprint density at radius 2 is 1.48 bits per heavy atom. The number of nitrogens with one attached hydrogen (secondary N) is 1. The third-order valence-corrected chi connectivity index (χ3v) is 5.52. The Morgan fingerprint density at radius 3 is 2.07 bits per heavy atom. The van der Waals surface area contributed by atoms with Crippen molar-refractivity contribution >= 4 is 42.3 Å². The summed E-state index contributed by atoms with van der Waals surface area (Å²) in [6.45, 7) is 11.3. The number of para-hydroxylation sites is 1. The van der Waals surface area contributed by atoms with Gasteiger partial charge in [0.05, 0.1) is 5.02 Å². The average Bonchev–Trinajstić information content (AvgIpc) is 2.64. The lowest BCUT2D eigenvalue weighted by molar-refractivity contribution is 0.153. The molecular weight excluding hydrogens is 429 g/mol. The summed E-state index contributed by atoms with van der Waals surface area (Å²) in [5.41, 5.74) is 4.27. The van der Waals surface area contributed by atoms with Crippen LogP contribution in [-0.4, -0.2) is 55.0 Å². The van der Waals surface area contributed by atoms with Crippen molar-refractivity contribution in [1.29, 1.82) is 5.41 Å². The molecule has 1 aliphatic rings. The van der Waals surface area contributed by atoms with Crippen LogP contribution in [0.3, 0.4) is 0 Å². The normalized spacial score (nSPS) is 14.0. The number of benzene rings is 2. The summed E-state index contributed by atoms with van der Waals surface area (Å²) in [6, 6.07) is 12.0. The number of aryl methyl sites for hydroxylation is 3.